The molecule has 0 saturated carbocycles. The first-order valence-electron chi connectivity index (χ1n) is 5.68. The molecular formula is C13H13N3OS. The van der Waals surface area contributed by atoms with E-state index in [1.165, 1.54) is 4.88 Å². The second kappa shape index (κ2) is 4.34. The summed E-state index contributed by atoms with van der Waals surface area (Å²) >= 11 is 1.71. The van der Waals surface area contributed by atoms with Crippen molar-refractivity contribution in [3.8, 4) is 0 Å². The second-order valence-electron chi connectivity index (χ2n) is 4.13. The first-order chi connectivity index (χ1) is 8.72. The molecule has 0 fully saturated rings. The molecule has 0 amide bonds. The number of rotatable bonds is 3. The zero-order valence-electron chi connectivity index (χ0n) is 9.88. The molecule has 92 valence electrons. The van der Waals surface area contributed by atoms with Crippen molar-refractivity contribution in [1.29, 1.82) is 0 Å². The van der Waals surface area contributed by atoms with Crippen LogP contribution in [0.1, 0.15) is 17.8 Å². The molecule has 1 atom stereocenters. The van der Waals surface area contributed by atoms with Crippen molar-refractivity contribution >= 4 is 34.1 Å². The molecule has 0 bridgehead atoms. The van der Waals surface area contributed by atoms with E-state index < -0.39 is 0 Å². The molecule has 2 aromatic heterocycles. The van der Waals surface area contributed by atoms with E-state index in [2.05, 4.69) is 28.7 Å². The Kier molecular flexibility index (Phi) is 2.68. The summed E-state index contributed by atoms with van der Waals surface area (Å²) in [6.45, 7) is 2.08. The van der Waals surface area contributed by atoms with E-state index >= 15 is 0 Å². The number of benzene rings is 1. The van der Waals surface area contributed by atoms with E-state index in [1.54, 1.807) is 17.4 Å². The Labute approximate surface area is 108 Å². The largest absolute Gasteiger partial charge is 0.423 e. The molecule has 0 aliphatic rings. The molecule has 0 aliphatic heterocycles. The molecule has 3 N–H and O–H groups in total. The zero-order valence-corrected chi connectivity index (χ0v) is 10.7. The number of nitrogen functional groups attached to an aromatic ring is 1. The van der Waals surface area contributed by atoms with Crippen molar-refractivity contribution in [2.45, 2.75) is 13.0 Å². The normalized spacial score (nSPS) is 12.7. The number of thiophene rings is 1. The van der Waals surface area contributed by atoms with Gasteiger partial charge in [-0.3, -0.25) is 0 Å². The van der Waals surface area contributed by atoms with Crippen molar-refractivity contribution in [2.24, 2.45) is 0 Å². The lowest BCUT2D eigenvalue weighted by Gasteiger charge is -2.08. The van der Waals surface area contributed by atoms with Gasteiger partial charge in [0.2, 0.25) is 0 Å². The van der Waals surface area contributed by atoms with Crippen molar-refractivity contribution in [3.63, 3.8) is 0 Å². The lowest BCUT2D eigenvalue weighted by Crippen LogP contribution is -2.04. The van der Waals surface area contributed by atoms with Crippen LogP contribution in [0.15, 0.2) is 40.1 Å². The van der Waals surface area contributed by atoms with Crippen LogP contribution in [0.5, 0.6) is 0 Å². The van der Waals surface area contributed by atoms with Gasteiger partial charge in [0.15, 0.2) is 5.58 Å². The van der Waals surface area contributed by atoms with Crippen LogP contribution in [0.2, 0.25) is 0 Å². The van der Waals surface area contributed by atoms with E-state index in [-0.39, 0.29) is 6.04 Å². The smallest absolute Gasteiger partial charge is 0.296 e. The average molecular weight is 259 g/mol. The van der Waals surface area contributed by atoms with Crippen LogP contribution in [0.25, 0.3) is 11.1 Å². The minimum Gasteiger partial charge on any atom is -0.423 e. The van der Waals surface area contributed by atoms with Gasteiger partial charge in [0, 0.05) is 16.6 Å². The summed E-state index contributed by atoms with van der Waals surface area (Å²) in [5, 5.41) is 5.30. The second-order valence-corrected chi connectivity index (χ2v) is 5.11. The predicted molar refractivity (Wildman–Crippen MR) is 74.8 cm³/mol. The summed E-state index contributed by atoms with van der Waals surface area (Å²) in [5.74, 6) is 0. The van der Waals surface area contributed by atoms with Gasteiger partial charge in [0.25, 0.3) is 6.01 Å². The molecule has 1 unspecified atom stereocenters. The van der Waals surface area contributed by atoms with Crippen molar-refractivity contribution in [3.05, 3.63) is 40.6 Å². The number of anilines is 2. The maximum absolute atomic E-state index is 5.71. The Balaban J connectivity index is 1.86. The van der Waals surface area contributed by atoms with E-state index in [9.17, 15) is 0 Å². The lowest BCUT2D eigenvalue weighted by atomic mass is 10.3. The van der Waals surface area contributed by atoms with E-state index in [4.69, 9.17) is 10.2 Å². The first-order valence-corrected chi connectivity index (χ1v) is 6.56. The fraction of sp³-hybridized carbons (Fsp3) is 0.154. The van der Waals surface area contributed by atoms with Gasteiger partial charge in [-0.15, -0.1) is 11.3 Å². The van der Waals surface area contributed by atoms with E-state index in [1.807, 2.05) is 18.2 Å². The standard InChI is InChI=1S/C13H13N3OS/c1-8(12-3-2-6-18-12)15-13-16-10-5-4-9(14)7-11(10)17-13/h2-8H,14H2,1H3,(H,15,16). The van der Waals surface area contributed by atoms with Gasteiger partial charge in [0.1, 0.15) is 5.52 Å². The SMILES string of the molecule is CC(Nc1nc2ccc(N)cc2o1)c1cccs1. The van der Waals surface area contributed by atoms with Crippen LogP contribution < -0.4 is 11.1 Å². The number of nitrogens with two attached hydrogens (primary N) is 1. The first kappa shape index (κ1) is 11.1. The summed E-state index contributed by atoms with van der Waals surface area (Å²) in [6.07, 6.45) is 0. The van der Waals surface area contributed by atoms with Crippen LogP contribution in [-0.2, 0) is 0 Å². The fourth-order valence-corrected chi connectivity index (χ4v) is 2.53. The topological polar surface area (TPSA) is 64.1 Å². The van der Waals surface area contributed by atoms with Crippen LogP contribution in [0.4, 0.5) is 11.7 Å². The molecule has 1 aromatic carbocycles. The summed E-state index contributed by atoms with van der Waals surface area (Å²) in [5.41, 5.74) is 7.90. The van der Waals surface area contributed by atoms with Gasteiger partial charge in [-0.2, -0.15) is 4.98 Å². The highest BCUT2D eigenvalue weighted by molar-refractivity contribution is 7.10. The number of hydrogen-bond donors (Lipinski definition) is 2. The van der Waals surface area contributed by atoms with E-state index in [0.717, 1.165) is 5.52 Å². The Morgan fingerprint density at radius 3 is 3.06 bits per heavy atom. The number of fused-ring (bicyclic) bond motifs is 1. The Bertz CT molecular complexity index is 660. The summed E-state index contributed by atoms with van der Waals surface area (Å²) < 4.78 is 5.62. The summed E-state index contributed by atoms with van der Waals surface area (Å²) in [7, 11) is 0. The quantitative estimate of drug-likeness (QED) is 0.705. The van der Waals surface area contributed by atoms with Crippen LogP contribution in [0.3, 0.4) is 0 Å². The minimum absolute atomic E-state index is 0.176. The van der Waals surface area contributed by atoms with E-state index in [0.29, 0.717) is 17.3 Å². The molecule has 3 aromatic rings. The maximum atomic E-state index is 5.71. The van der Waals surface area contributed by atoms with Crippen molar-refractivity contribution in [2.75, 3.05) is 11.1 Å². The van der Waals surface area contributed by atoms with Gasteiger partial charge in [0.05, 0.1) is 6.04 Å². The molecule has 18 heavy (non-hydrogen) atoms. The van der Waals surface area contributed by atoms with Gasteiger partial charge in [-0.05, 0) is 30.5 Å². The molecule has 3 rings (SSSR count). The fourth-order valence-electron chi connectivity index (χ4n) is 1.80. The summed E-state index contributed by atoms with van der Waals surface area (Å²) in [4.78, 5) is 5.62. The maximum Gasteiger partial charge on any atom is 0.296 e. The highest BCUT2D eigenvalue weighted by atomic mass is 32.1. The molecule has 5 heteroatoms. The number of nitrogens with one attached hydrogen (secondary N) is 1. The Morgan fingerprint density at radius 2 is 2.28 bits per heavy atom. The van der Waals surface area contributed by atoms with Crippen LogP contribution >= 0.6 is 11.3 Å². The van der Waals surface area contributed by atoms with Crippen molar-refractivity contribution < 1.29 is 4.42 Å². The molecule has 0 saturated heterocycles. The molecule has 0 aliphatic carbocycles. The highest BCUT2D eigenvalue weighted by Crippen LogP contribution is 2.26. The van der Waals surface area contributed by atoms with Gasteiger partial charge in [-0.1, -0.05) is 6.07 Å². The minimum atomic E-state index is 0.176. The Morgan fingerprint density at radius 1 is 1.39 bits per heavy atom. The number of hydrogen-bond acceptors (Lipinski definition) is 5. The summed E-state index contributed by atoms with van der Waals surface area (Å²) in [6, 6.07) is 10.3. The number of nitrogens with zero attached hydrogens (tertiary/aromatic N) is 1. The third kappa shape index (κ3) is 2.04. The molecule has 4 nitrogen and oxygen atoms in total. The molecular weight excluding hydrogens is 246 g/mol. The monoisotopic (exact) mass is 259 g/mol. The third-order valence-corrected chi connectivity index (χ3v) is 3.78. The van der Waals surface area contributed by atoms with Crippen LogP contribution in [0, 0.1) is 0 Å². The third-order valence-electron chi connectivity index (χ3n) is 2.72. The van der Waals surface area contributed by atoms with Crippen molar-refractivity contribution in [1.82, 2.24) is 4.98 Å². The lowest BCUT2D eigenvalue weighted by molar-refractivity contribution is 0.605. The number of aromatic nitrogens is 1. The van der Waals surface area contributed by atoms with Gasteiger partial charge < -0.3 is 15.5 Å². The molecule has 0 radical (unpaired) electrons. The average Bonchev–Trinajstić information content (AvgIpc) is 2.95. The van der Waals surface area contributed by atoms with Gasteiger partial charge >= 0.3 is 0 Å². The molecule has 2 heterocycles. The zero-order chi connectivity index (χ0) is 12.5. The number of oxazole rings is 1. The Hall–Kier alpha value is -2.01. The van der Waals surface area contributed by atoms with Crippen LogP contribution in [-0.4, -0.2) is 4.98 Å². The highest BCUT2D eigenvalue weighted by Gasteiger charge is 2.11. The molecule has 0 spiro atoms. The predicted octanol–water partition coefficient (Wildman–Crippen LogP) is 3.64. The van der Waals surface area contributed by atoms with Gasteiger partial charge in [-0.25, -0.2) is 0 Å².